The highest BCUT2D eigenvalue weighted by Gasteiger charge is 2.22. The van der Waals surface area contributed by atoms with E-state index in [9.17, 15) is 9.59 Å². The first kappa shape index (κ1) is 14.8. The van der Waals surface area contributed by atoms with E-state index in [4.69, 9.17) is 5.11 Å². The summed E-state index contributed by atoms with van der Waals surface area (Å²) in [5, 5.41) is 15.4. The van der Waals surface area contributed by atoms with E-state index in [2.05, 4.69) is 10.4 Å². The third kappa shape index (κ3) is 2.67. The van der Waals surface area contributed by atoms with Crippen LogP contribution in [-0.2, 0) is 11.8 Å². The number of aryl methyl sites for hydroxylation is 3. The quantitative estimate of drug-likeness (QED) is 0.880. The zero-order valence-electron chi connectivity index (χ0n) is 12.4. The molecule has 2 aromatic rings. The molecule has 1 amide bonds. The van der Waals surface area contributed by atoms with Crippen molar-refractivity contribution < 1.29 is 14.7 Å². The maximum Gasteiger partial charge on any atom is 0.325 e. The van der Waals surface area contributed by atoms with E-state index in [0.29, 0.717) is 11.4 Å². The van der Waals surface area contributed by atoms with Crippen LogP contribution in [0.15, 0.2) is 18.3 Å². The van der Waals surface area contributed by atoms with Gasteiger partial charge in [0.15, 0.2) is 0 Å². The summed E-state index contributed by atoms with van der Waals surface area (Å²) in [6.07, 6.45) is 1.44. The zero-order chi connectivity index (χ0) is 15.7. The Kier molecular flexibility index (Phi) is 3.84. The van der Waals surface area contributed by atoms with Gasteiger partial charge < -0.3 is 15.0 Å². The molecule has 0 aromatic carbocycles. The molecule has 112 valence electrons. The molecule has 21 heavy (non-hydrogen) atoms. The average molecular weight is 290 g/mol. The summed E-state index contributed by atoms with van der Waals surface area (Å²) in [5.74, 6) is -0.923. The lowest BCUT2D eigenvalue weighted by molar-refractivity contribution is -0.138. The molecular weight excluding hydrogens is 272 g/mol. The van der Waals surface area contributed by atoms with Crippen LogP contribution in [0.3, 0.4) is 0 Å². The second-order valence-corrected chi connectivity index (χ2v) is 4.99. The molecule has 0 aliphatic rings. The van der Waals surface area contributed by atoms with Gasteiger partial charge in [-0.25, -0.2) is 0 Å². The van der Waals surface area contributed by atoms with Gasteiger partial charge in [-0.3, -0.25) is 14.3 Å². The summed E-state index contributed by atoms with van der Waals surface area (Å²) in [6.45, 7) is 5.28. The summed E-state index contributed by atoms with van der Waals surface area (Å²) < 4.78 is 3.51. The minimum atomic E-state index is -1.08. The third-order valence-corrected chi connectivity index (χ3v) is 3.35. The van der Waals surface area contributed by atoms with Gasteiger partial charge in [0, 0.05) is 18.4 Å². The molecule has 0 fully saturated rings. The van der Waals surface area contributed by atoms with Crippen LogP contribution in [0, 0.1) is 13.8 Å². The fraction of sp³-hybridized carbons (Fsp3) is 0.357. The minimum absolute atomic E-state index is 0.341. The summed E-state index contributed by atoms with van der Waals surface area (Å²) in [5.41, 5.74) is 2.28. The van der Waals surface area contributed by atoms with E-state index in [1.807, 2.05) is 30.5 Å². The van der Waals surface area contributed by atoms with Crippen LogP contribution in [0.25, 0.3) is 5.82 Å². The molecule has 0 saturated heterocycles. The molecular formula is C14H18N4O3. The molecule has 0 bridgehead atoms. The van der Waals surface area contributed by atoms with Crippen molar-refractivity contribution in [3.8, 4) is 5.82 Å². The molecule has 0 aliphatic carbocycles. The zero-order valence-corrected chi connectivity index (χ0v) is 12.4. The first-order valence-electron chi connectivity index (χ1n) is 6.54. The van der Waals surface area contributed by atoms with Gasteiger partial charge in [-0.1, -0.05) is 0 Å². The standard InChI is InChI=1S/C14H18N4O3/c1-8-5-6-9(2)18(8)13-11(7-15-17(13)4)12(19)16-10(3)14(20)21/h5-7,10H,1-4H3,(H,16,19)(H,20,21)/t10-/m0/s1. The van der Waals surface area contributed by atoms with Crippen molar-refractivity contribution in [2.75, 3.05) is 0 Å². The smallest absolute Gasteiger partial charge is 0.325 e. The highest BCUT2D eigenvalue weighted by atomic mass is 16.4. The Morgan fingerprint density at radius 2 is 1.86 bits per heavy atom. The molecule has 2 rings (SSSR count). The molecule has 7 nitrogen and oxygen atoms in total. The van der Waals surface area contributed by atoms with Crippen molar-refractivity contribution in [1.29, 1.82) is 0 Å². The van der Waals surface area contributed by atoms with Crippen molar-refractivity contribution >= 4 is 11.9 Å². The Balaban J connectivity index is 2.44. The van der Waals surface area contributed by atoms with Crippen LogP contribution in [0.1, 0.15) is 28.7 Å². The number of nitrogens with one attached hydrogen (secondary N) is 1. The third-order valence-electron chi connectivity index (χ3n) is 3.35. The number of carboxylic acid groups (broad SMARTS) is 1. The lowest BCUT2D eigenvalue weighted by atomic mass is 10.2. The van der Waals surface area contributed by atoms with Crippen molar-refractivity contribution in [3.63, 3.8) is 0 Å². The van der Waals surface area contributed by atoms with Gasteiger partial charge in [0.25, 0.3) is 5.91 Å². The van der Waals surface area contributed by atoms with E-state index < -0.39 is 17.9 Å². The number of hydrogen-bond donors (Lipinski definition) is 2. The van der Waals surface area contributed by atoms with Gasteiger partial charge in [0.05, 0.1) is 6.20 Å². The van der Waals surface area contributed by atoms with E-state index in [1.54, 1.807) is 11.7 Å². The summed E-state index contributed by atoms with van der Waals surface area (Å²) >= 11 is 0. The van der Waals surface area contributed by atoms with E-state index in [0.717, 1.165) is 11.4 Å². The lowest BCUT2D eigenvalue weighted by Gasteiger charge is -2.13. The summed E-state index contributed by atoms with van der Waals surface area (Å²) in [4.78, 5) is 23.1. The first-order valence-corrected chi connectivity index (χ1v) is 6.54. The van der Waals surface area contributed by atoms with Gasteiger partial charge >= 0.3 is 5.97 Å². The van der Waals surface area contributed by atoms with Crippen LogP contribution in [-0.4, -0.2) is 37.4 Å². The van der Waals surface area contributed by atoms with E-state index in [-0.39, 0.29) is 0 Å². The molecule has 0 saturated carbocycles. The highest BCUT2D eigenvalue weighted by molar-refractivity contribution is 5.99. The van der Waals surface area contributed by atoms with Crippen molar-refractivity contribution in [1.82, 2.24) is 19.7 Å². The number of hydrogen-bond acceptors (Lipinski definition) is 3. The van der Waals surface area contributed by atoms with Crippen LogP contribution in [0.5, 0.6) is 0 Å². The predicted octanol–water partition coefficient (Wildman–Crippen LogP) is 1.03. The fourth-order valence-corrected chi connectivity index (χ4v) is 2.20. The second-order valence-electron chi connectivity index (χ2n) is 4.99. The molecule has 1 atom stereocenters. The highest BCUT2D eigenvalue weighted by Crippen LogP contribution is 2.19. The van der Waals surface area contributed by atoms with Crippen LogP contribution < -0.4 is 5.32 Å². The van der Waals surface area contributed by atoms with Crippen LogP contribution in [0.4, 0.5) is 0 Å². The summed E-state index contributed by atoms with van der Waals surface area (Å²) in [7, 11) is 1.74. The maximum absolute atomic E-state index is 12.3. The molecule has 0 spiro atoms. The number of aliphatic carboxylic acids is 1. The monoisotopic (exact) mass is 290 g/mol. The second kappa shape index (κ2) is 5.43. The maximum atomic E-state index is 12.3. The van der Waals surface area contributed by atoms with Gasteiger partial charge in [-0.05, 0) is 32.9 Å². The van der Waals surface area contributed by atoms with E-state index in [1.165, 1.54) is 13.1 Å². The fourth-order valence-electron chi connectivity index (χ4n) is 2.20. The Morgan fingerprint density at radius 3 is 2.38 bits per heavy atom. The molecule has 2 N–H and O–H groups in total. The summed E-state index contributed by atoms with van der Waals surface area (Å²) in [6, 6.07) is 2.94. The molecule has 7 heteroatoms. The largest absolute Gasteiger partial charge is 0.480 e. The van der Waals surface area contributed by atoms with Crippen molar-refractivity contribution in [2.24, 2.45) is 7.05 Å². The van der Waals surface area contributed by atoms with Gasteiger partial charge in [-0.2, -0.15) is 5.10 Å². The van der Waals surface area contributed by atoms with Crippen LogP contribution in [0.2, 0.25) is 0 Å². The van der Waals surface area contributed by atoms with Crippen LogP contribution >= 0.6 is 0 Å². The number of carboxylic acids is 1. The minimum Gasteiger partial charge on any atom is -0.480 e. The SMILES string of the molecule is Cc1ccc(C)n1-c1c(C(=O)N[C@@H](C)C(=O)O)cnn1C. The van der Waals surface area contributed by atoms with Crippen molar-refractivity contribution in [3.05, 3.63) is 35.3 Å². The number of nitrogens with zero attached hydrogens (tertiary/aromatic N) is 3. The number of carbonyl (C=O) groups is 2. The molecule has 0 unspecified atom stereocenters. The normalized spacial score (nSPS) is 12.2. The Hall–Kier alpha value is -2.57. The Bertz CT molecular complexity index is 680. The van der Waals surface area contributed by atoms with Crippen molar-refractivity contribution in [2.45, 2.75) is 26.8 Å². The molecule has 0 radical (unpaired) electrons. The van der Waals surface area contributed by atoms with E-state index >= 15 is 0 Å². The van der Waals surface area contributed by atoms with Gasteiger partial charge in [-0.15, -0.1) is 0 Å². The lowest BCUT2D eigenvalue weighted by Crippen LogP contribution is -2.38. The number of aromatic nitrogens is 3. The molecule has 0 aliphatic heterocycles. The molecule has 2 aromatic heterocycles. The first-order chi connectivity index (χ1) is 9.82. The average Bonchev–Trinajstić information content (AvgIpc) is 2.93. The topological polar surface area (TPSA) is 89.2 Å². The molecule has 2 heterocycles. The van der Waals surface area contributed by atoms with Gasteiger partial charge in [0.2, 0.25) is 0 Å². The Labute approximate surface area is 122 Å². The number of rotatable bonds is 4. The van der Waals surface area contributed by atoms with Gasteiger partial charge in [0.1, 0.15) is 17.4 Å². The predicted molar refractivity (Wildman–Crippen MR) is 76.6 cm³/mol. The number of amides is 1. The Morgan fingerprint density at radius 1 is 1.29 bits per heavy atom. The number of carbonyl (C=O) groups excluding carboxylic acids is 1.